The van der Waals surface area contributed by atoms with Gasteiger partial charge in [-0.05, 0) is 31.0 Å². The fourth-order valence-electron chi connectivity index (χ4n) is 2.64. The lowest BCUT2D eigenvalue weighted by molar-refractivity contribution is -0.117. The van der Waals surface area contributed by atoms with Crippen LogP contribution in [0.2, 0.25) is 5.02 Å². The van der Waals surface area contributed by atoms with E-state index in [2.05, 4.69) is 15.5 Å². The Morgan fingerprint density at radius 3 is 2.76 bits per heavy atom. The number of amides is 1. The van der Waals surface area contributed by atoms with Crippen molar-refractivity contribution in [2.45, 2.75) is 13.8 Å². The number of hydrogen-bond donors (Lipinski definition) is 2. The minimum absolute atomic E-state index is 0.0121. The minimum atomic E-state index is -0.399. The van der Waals surface area contributed by atoms with Gasteiger partial charge in [0.2, 0.25) is 0 Å². The number of hydrogen-bond acceptors (Lipinski definition) is 5. The second kappa shape index (κ2) is 9.42. The number of ether oxygens (including phenoxy) is 1. The van der Waals surface area contributed by atoms with Crippen LogP contribution in [0.1, 0.15) is 11.1 Å². The van der Waals surface area contributed by atoms with Crippen LogP contribution in [0.5, 0.6) is 0 Å². The van der Waals surface area contributed by atoms with Gasteiger partial charge in [0.1, 0.15) is 11.6 Å². The smallest absolute Gasteiger partial charge is 0.263 e. The third-order valence-corrected chi connectivity index (χ3v) is 4.27. The largest absolute Gasteiger partial charge is 0.379 e. The Morgan fingerprint density at radius 1 is 1.40 bits per heavy atom. The molecule has 0 aliphatic carbocycles. The molecule has 1 heterocycles. The number of rotatable bonds is 6. The number of aryl methyl sites for hydroxylation is 2. The van der Waals surface area contributed by atoms with Gasteiger partial charge in [0.15, 0.2) is 0 Å². The zero-order chi connectivity index (χ0) is 18.2. The Balaban J connectivity index is 1.91. The van der Waals surface area contributed by atoms with Gasteiger partial charge in [-0.25, -0.2) is 0 Å². The molecule has 0 bridgehead atoms. The molecule has 0 spiro atoms. The Morgan fingerprint density at radius 2 is 2.12 bits per heavy atom. The molecule has 6 nitrogen and oxygen atoms in total. The van der Waals surface area contributed by atoms with Gasteiger partial charge >= 0.3 is 0 Å². The summed E-state index contributed by atoms with van der Waals surface area (Å²) in [4.78, 5) is 14.4. The van der Waals surface area contributed by atoms with Gasteiger partial charge in [-0.1, -0.05) is 17.7 Å². The number of nitrogens with zero attached hydrogens (tertiary/aromatic N) is 2. The number of carbonyl (C=O) groups excluding carboxylic acids is 1. The summed E-state index contributed by atoms with van der Waals surface area (Å²) in [6, 6.07) is 5.74. The van der Waals surface area contributed by atoms with Crippen molar-refractivity contribution in [3.8, 4) is 6.07 Å². The van der Waals surface area contributed by atoms with Crippen LogP contribution in [0.4, 0.5) is 5.69 Å². The zero-order valence-corrected chi connectivity index (χ0v) is 15.3. The molecule has 134 valence electrons. The van der Waals surface area contributed by atoms with Crippen LogP contribution < -0.4 is 10.6 Å². The molecule has 1 saturated heterocycles. The maximum Gasteiger partial charge on any atom is 0.263 e. The molecule has 2 N–H and O–H groups in total. The molecule has 0 saturated carbocycles. The lowest BCUT2D eigenvalue weighted by atomic mass is 10.1. The molecule has 0 radical (unpaired) electrons. The first-order valence-corrected chi connectivity index (χ1v) is 8.61. The summed E-state index contributed by atoms with van der Waals surface area (Å²) in [5.74, 6) is -0.399. The van der Waals surface area contributed by atoms with E-state index in [4.69, 9.17) is 16.3 Å². The molecule has 7 heteroatoms. The second-order valence-electron chi connectivity index (χ2n) is 5.96. The quantitative estimate of drug-likeness (QED) is 0.599. The Labute approximate surface area is 153 Å². The maximum atomic E-state index is 12.1. The monoisotopic (exact) mass is 362 g/mol. The average Bonchev–Trinajstić information content (AvgIpc) is 2.58. The Kier molecular flexibility index (Phi) is 7.26. The fourth-order valence-corrected chi connectivity index (χ4v) is 3.01. The first-order valence-electron chi connectivity index (χ1n) is 8.23. The highest BCUT2D eigenvalue weighted by Crippen LogP contribution is 2.27. The van der Waals surface area contributed by atoms with Crippen LogP contribution >= 0.6 is 11.6 Å². The van der Waals surface area contributed by atoms with Crippen molar-refractivity contribution >= 4 is 23.2 Å². The van der Waals surface area contributed by atoms with Crippen LogP contribution in [0.3, 0.4) is 0 Å². The first kappa shape index (κ1) is 19.3. The maximum absolute atomic E-state index is 12.1. The fraction of sp³-hybridized carbons (Fsp3) is 0.444. The van der Waals surface area contributed by atoms with Gasteiger partial charge in [0.25, 0.3) is 5.91 Å². The van der Waals surface area contributed by atoms with E-state index in [0.717, 1.165) is 44.0 Å². The third-order valence-electron chi connectivity index (χ3n) is 3.97. The highest BCUT2D eigenvalue weighted by molar-refractivity contribution is 6.33. The van der Waals surface area contributed by atoms with E-state index in [1.54, 1.807) is 0 Å². The van der Waals surface area contributed by atoms with Gasteiger partial charge in [-0.2, -0.15) is 5.26 Å². The number of halogens is 1. The summed E-state index contributed by atoms with van der Waals surface area (Å²) < 4.78 is 5.28. The molecule has 0 aromatic heterocycles. The van der Waals surface area contributed by atoms with Gasteiger partial charge in [-0.15, -0.1) is 0 Å². The summed E-state index contributed by atoms with van der Waals surface area (Å²) in [5.41, 5.74) is 2.71. The van der Waals surface area contributed by atoms with E-state index in [9.17, 15) is 10.1 Å². The van der Waals surface area contributed by atoms with Crippen molar-refractivity contribution in [2.75, 3.05) is 44.7 Å². The van der Waals surface area contributed by atoms with Crippen LogP contribution in [0.25, 0.3) is 0 Å². The number of nitriles is 1. The number of benzene rings is 1. The molecular formula is C18H23ClN4O2. The van der Waals surface area contributed by atoms with Gasteiger partial charge in [0, 0.05) is 32.4 Å². The predicted octanol–water partition coefficient (Wildman–Crippen LogP) is 2.22. The molecular weight excluding hydrogens is 340 g/mol. The van der Waals surface area contributed by atoms with Crippen molar-refractivity contribution in [1.29, 1.82) is 5.26 Å². The lowest BCUT2D eigenvalue weighted by Gasteiger charge is -2.26. The molecule has 1 aliphatic rings. The number of morpholine rings is 1. The van der Waals surface area contributed by atoms with Crippen molar-refractivity contribution in [3.63, 3.8) is 0 Å². The van der Waals surface area contributed by atoms with Crippen LogP contribution in [0.15, 0.2) is 23.9 Å². The Hall–Kier alpha value is -2.07. The molecule has 25 heavy (non-hydrogen) atoms. The lowest BCUT2D eigenvalue weighted by Crippen LogP contribution is -2.41. The third kappa shape index (κ3) is 5.75. The molecule has 0 atom stereocenters. The zero-order valence-electron chi connectivity index (χ0n) is 14.6. The van der Waals surface area contributed by atoms with Gasteiger partial charge in [0.05, 0.1) is 23.9 Å². The van der Waals surface area contributed by atoms with Crippen molar-refractivity contribution in [1.82, 2.24) is 10.2 Å². The molecule has 1 amide bonds. The van der Waals surface area contributed by atoms with Crippen LogP contribution in [-0.4, -0.2) is 50.2 Å². The first-order chi connectivity index (χ1) is 12.0. The second-order valence-corrected chi connectivity index (χ2v) is 6.37. The highest BCUT2D eigenvalue weighted by Gasteiger charge is 2.12. The summed E-state index contributed by atoms with van der Waals surface area (Å²) >= 11 is 6.22. The minimum Gasteiger partial charge on any atom is -0.379 e. The normalized spacial score (nSPS) is 15.5. The molecule has 0 unspecified atom stereocenters. The highest BCUT2D eigenvalue weighted by atomic mass is 35.5. The van der Waals surface area contributed by atoms with E-state index < -0.39 is 5.91 Å². The van der Waals surface area contributed by atoms with Gasteiger partial charge < -0.3 is 15.4 Å². The Bertz CT molecular complexity index is 668. The molecule has 2 rings (SSSR count). The van der Waals surface area contributed by atoms with Crippen molar-refractivity contribution in [2.24, 2.45) is 0 Å². The number of carbonyl (C=O) groups is 1. The van der Waals surface area contributed by atoms with Crippen molar-refractivity contribution < 1.29 is 9.53 Å². The van der Waals surface area contributed by atoms with Crippen LogP contribution in [-0.2, 0) is 9.53 Å². The summed E-state index contributed by atoms with van der Waals surface area (Å²) in [5, 5.41) is 15.5. The van der Waals surface area contributed by atoms with Crippen molar-refractivity contribution in [3.05, 3.63) is 40.1 Å². The van der Waals surface area contributed by atoms with Crippen LogP contribution in [0, 0.1) is 25.2 Å². The number of nitrogens with one attached hydrogen (secondary N) is 2. The number of anilines is 1. The van der Waals surface area contributed by atoms with E-state index >= 15 is 0 Å². The molecule has 1 aromatic rings. The van der Waals surface area contributed by atoms with Gasteiger partial charge in [-0.3, -0.25) is 9.69 Å². The van der Waals surface area contributed by atoms with E-state index in [-0.39, 0.29) is 5.57 Å². The molecule has 1 aromatic carbocycles. The standard InChI is InChI=1S/C18H23ClN4O2/c1-13-9-14(2)17(16(19)10-13)22-12-15(11-20)18(24)21-3-4-23-5-7-25-8-6-23/h9-10,12,22H,3-8H2,1-2H3,(H,21,24)/b15-12-. The van der Waals surface area contributed by atoms with E-state index in [1.807, 2.05) is 32.0 Å². The molecule has 1 fully saturated rings. The van der Waals surface area contributed by atoms with E-state index in [1.165, 1.54) is 6.20 Å². The SMILES string of the molecule is Cc1cc(C)c(N/C=C(/C#N)C(=O)NCCN2CCOCC2)c(Cl)c1. The molecule has 1 aliphatic heterocycles. The average molecular weight is 363 g/mol. The summed E-state index contributed by atoms with van der Waals surface area (Å²) in [7, 11) is 0. The predicted molar refractivity (Wildman–Crippen MR) is 98.5 cm³/mol. The summed E-state index contributed by atoms with van der Waals surface area (Å²) in [6.07, 6.45) is 1.40. The van der Waals surface area contributed by atoms with E-state index in [0.29, 0.717) is 17.3 Å². The summed E-state index contributed by atoms with van der Waals surface area (Å²) in [6.45, 7) is 8.28. The topological polar surface area (TPSA) is 77.4 Å².